The highest BCUT2D eigenvalue weighted by Gasteiger charge is 2.13. The Bertz CT molecular complexity index is 150. The van der Waals surface area contributed by atoms with Crippen molar-refractivity contribution in [2.24, 2.45) is 16.7 Å². The SMILES string of the molecule is N/N=C(\N)SC1CCCCCC1. The minimum absolute atomic E-state index is 0.530. The molecule has 1 aliphatic rings. The molecule has 1 fully saturated rings. The van der Waals surface area contributed by atoms with E-state index in [4.69, 9.17) is 11.6 Å². The molecule has 4 heteroatoms. The van der Waals surface area contributed by atoms with E-state index in [-0.39, 0.29) is 0 Å². The summed E-state index contributed by atoms with van der Waals surface area (Å²) in [6.07, 6.45) is 7.93. The van der Waals surface area contributed by atoms with E-state index in [1.807, 2.05) is 0 Å². The predicted octanol–water partition coefficient (Wildman–Crippen LogP) is 1.63. The molecule has 0 aromatic heterocycles. The van der Waals surface area contributed by atoms with Crippen molar-refractivity contribution in [3.63, 3.8) is 0 Å². The second-order valence-electron chi connectivity index (χ2n) is 3.20. The number of amidine groups is 1. The fourth-order valence-corrected chi connectivity index (χ4v) is 2.53. The first-order valence-electron chi connectivity index (χ1n) is 4.53. The molecular formula is C8H17N3S. The maximum Gasteiger partial charge on any atom is 0.177 e. The zero-order valence-corrected chi connectivity index (χ0v) is 8.15. The van der Waals surface area contributed by atoms with Crippen LogP contribution in [0.2, 0.25) is 0 Å². The van der Waals surface area contributed by atoms with Crippen molar-refractivity contribution >= 4 is 16.9 Å². The van der Waals surface area contributed by atoms with Crippen molar-refractivity contribution < 1.29 is 0 Å². The Morgan fingerprint density at radius 1 is 1.17 bits per heavy atom. The van der Waals surface area contributed by atoms with Gasteiger partial charge in [0, 0.05) is 5.25 Å². The zero-order valence-electron chi connectivity index (χ0n) is 7.33. The van der Waals surface area contributed by atoms with Gasteiger partial charge in [0.2, 0.25) is 0 Å². The summed E-state index contributed by atoms with van der Waals surface area (Å²) in [5.74, 6) is 5.07. The maximum atomic E-state index is 5.54. The molecule has 0 heterocycles. The molecule has 0 spiro atoms. The van der Waals surface area contributed by atoms with Crippen LogP contribution < -0.4 is 11.6 Å². The normalized spacial score (nSPS) is 22.2. The number of rotatable bonds is 1. The predicted molar refractivity (Wildman–Crippen MR) is 54.9 cm³/mol. The number of nitrogens with zero attached hydrogens (tertiary/aromatic N) is 1. The van der Waals surface area contributed by atoms with Crippen LogP contribution >= 0.6 is 11.8 Å². The van der Waals surface area contributed by atoms with Crippen molar-refractivity contribution in [1.29, 1.82) is 0 Å². The van der Waals surface area contributed by atoms with Gasteiger partial charge in [-0.1, -0.05) is 37.4 Å². The summed E-state index contributed by atoms with van der Waals surface area (Å²) in [7, 11) is 0. The Kier molecular flexibility index (Phi) is 4.29. The number of thioether (sulfide) groups is 1. The van der Waals surface area contributed by atoms with Gasteiger partial charge in [0.15, 0.2) is 5.17 Å². The van der Waals surface area contributed by atoms with Crippen molar-refractivity contribution in [1.82, 2.24) is 0 Å². The molecule has 1 saturated carbocycles. The van der Waals surface area contributed by atoms with E-state index < -0.39 is 0 Å². The Morgan fingerprint density at radius 2 is 1.75 bits per heavy atom. The van der Waals surface area contributed by atoms with Crippen LogP contribution in [0.1, 0.15) is 38.5 Å². The monoisotopic (exact) mass is 187 g/mol. The van der Waals surface area contributed by atoms with E-state index >= 15 is 0 Å². The van der Waals surface area contributed by atoms with Crippen LogP contribution in [0.3, 0.4) is 0 Å². The van der Waals surface area contributed by atoms with Crippen LogP contribution in [0, 0.1) is 0 Å². The minimum Gasteiger partial charge on any atom is -0.377 e. The molecule has 0 bridgehead atoms. The topological polar surface area (TPSA) is 64.4 Å². The summed E-state index contributed by atoms with van der Waals surface area (Å²) in [6.45, 7) is 0. The number of hydrazone groups is 1. The standard InChI is InChI=1S/C8H17N3S/c9-8(11-10)12-7-5-3-1-2-4-6-7/h7H,1-6,10H2,(H2,9,11). The van der Waals surface area contributed by atoms with E-state index in [1.165, 1.54) is 38.5 Å². The first kappa shape index (κ1) is 9.71. The molecule has 70 valence electrons. The zero-order chi connectivity index (χ0) is 8.81. The average molecular weight is 187 g/mol. The Morgan fingerprint density at radius 3 is 2.25 bits per heavy atom. The summed E-state index contributed by atoms with van der Waals surface area (Å²) in [5.41, 5.74) is 5.54. The lowest BCUT2D eigenvalue weighted by Gasteiger charge is -2.11. The number of nitrogens with two attached hydrogens (primary N) is 2. The van der Waals surface area contributed by atoms with Crippen molar-refractivity contribution in [2.75, 3.05) is 0 Å². The van der Waals surface area contributed by atoms with Gasteiger partial charge >= 0.3 is 0 Å². The van der Waals surface area contributed by atoms with Gasteiger partial charge in [0.05, 0.1) is 0 Å². The third kappa shape index (κ3) is 3.34. The minimum atomic E-state index is 0.530. The molecule has 0 unspecified atom stereocenters. The van der Waals surface area contributed by atoms with E-state index in [0.29, 0.717) is 10.4 Å². The Balaban J connectivity index is 2.29. The molecule has 0 aromatic rings. The summed E-state index contributed by atoms with van der Waals surface area (Å²) >= 11 is 1.64. The van der Waals surface area contributed by atoms with E-state index in [2.05, 4.69) is 5.10 Å². The molecule has 12 heavy (non-hydrogen) atoms. The van der Waals surface area contributed by atoms with Crippen molar-refractivity contribution in [3.05, 3.63) is 0 Å². The van der Waals surface area contributed by atoms with Crippen molar-refractivity contribution in [2.45, 2.75) is 43.8 Å². The average Bonchev–Trinajstić information content (AvgIpc) is 2.33. The highest BCUT2D eigenvalue weighted by molar-refractivity contribution is 8.14. The number of hydrogen-bond donors (Lipinski definition) is 2. The lowest BCUT2D eigenvalue weighted by atomic mass is 10.2. The Labute approximate surface area is 78.0 Å². The molecule has 4 N–H and O–H groups in total. The van der Waals surface area contributed by atoms with Gasteiger partial charge in [-0.15, -0.1) is 0 Å². The van der Waals surface area contributed by atoms with Crippen LogP contribution in [0.25, 0.3) is 0 Å². The van der Waals surface area contributed by atoms with Crippen LogP contribution in [-0.4, -0.2) is 10.4 Å². The van der Waals surface area contributed by atoms with Crippen LogP contribution in [0.5, 0.6) is 0 Å². The second kappa shape index (κ2) is 5.30. The first-order chi connectivity index (χ1) is 5.83. The fourth-order valence-electron chi connectivity index (χ4n) is 1.56. The van der Waals surface area contributed by atoms with E-state index in [0.717, 1.165) is 0 Å². The number of hydrogen-bond acceptors (Lipinski definition) is 3. The molecule has 0 amide bonds. The molecule has 1 aliphatic carbocycles. The smallest absolute Gasteiger partial charge is 0.177 e. The van der Waals surface area contributed by atoms with Gasteiger partial charge in [-0.3, -0.25) is 0 Å². The first-order valence-corrected chi connectivity index (χ1v) is 5.41. The molecule has 0 aliphatic heterocycles. The maximum absolute atomic E-state index is 5.54. The van der Waals surface area contributed by atoms with Gasteiger partial charge < -0.3 is 11.6 Å². The van der Waals surface area contributed by atoms with Gasteiger partial charge in [-0.05, 0) is 12.8 Å². The highest BCUT2D eigenvalue weighted by Crippen LogP contribution is 2.26. The van der Waals surface area contributed by atoms with Gasteiger partial charge in [-0.2, -0.15) is 5.10 Å². The quantitative estimate of drug-likeness (QED) is 0.216. The molecule has 0 saturated heterocycles. The highest BCUT2D eigenvalue weighted by atomic mass is 32.2. The summed E-state index contributed by atoms with van der Waals surface area (Å²) in [5, 5.41) is 4.65. The van der Waals surface area contributed by atoms with Gasteiger partial charge in [0.1, 0.15) is 0 Å². The fraction of sp³-hybridized carbons (Fsp3) is 0.875. The van der Waals surface area contributed by atoms with Crippen LogP contribution in [0.15, 0.2) is 5.10 Å². The van der Waals surface area contributed by atoms with Gasteiger partial charge in [-0.25, -0.2) is 0 Å². The molecular weight excluding hydrogens is 170 g/mol. The second-order valence-corrected chi connectivity index (χ2v) is 4.52. The molecule has 0 atom stereocenters. The van der Waals surface area contributed by atoms with Crippen molar-refractivity contribution in [3.8, 4) is 0 Å². The lowest BCUT2D eigenvalue weighted by molar-refractivity contribution is 0.702. The third-order valence-corrected chi connectivity index (χ3v) is 3.37. The summed E-state index contributed by atoms with van der Waals surface area (Å²) < 4.78 is 0. The summed E-state index contributed by atoms with van der Waals surface area (Å²) in [4.78, 5) is 0. The molecule has 0 radical (unpaired) electrons. The Hall–Kier alpha value is -0.380. The van der Waals surface area contributed by atoms with E-state index in [1.54, 1.807) is 11.8 Å². The van der Waals surface area contributed by atoms with Gasteiger partial charge in [0.25, 0.3) is 0 Å². The molecule has 0 aromatic carbocycles. The summed E-state index contributed by atoms with van der Waals surface area (Å²) in [6, 6.07) is 0. The molecule has 1 rings (SSSR count). The van der Waals surface area contributed by atoms with E-state index in [9.17, 15) is 0 Å². The van der Waals surface area contributed by atoms with Crippen LogP contribution in [-0.2, 0) is 0 Å². The lowest BCUT2D eigenvalue weighted by Crippen LogP contribution is -2.15. The molecule has 3 nitrogen and oxygen atoms in total. The van der Waals surface area contributed by atoms with Crippen LogP contribution in [0.4, 0.5) is 0 Å². The largest absolute Gasteiger partial charge is 0.377 e. The third-order valence-electron chi connectivity index (χ3n) is 2.22.